The SMILES string of the molecule is C=C1CC[C@H](OC(C)=O)[C@]2(C)[C@H](OC(C)=O)C[C@H]3O[C@]3(C)[C@@H]2[C@H](OC(C)=O)[C@H]2[C@H](OC(=O)[C@@H]2C)[C@@H]1Cl. The highest BCUT2D eigenvalue weighted by atomic mass is 35.5. The Morgan fingerprint density at radius 1 is 1.03 bits per heavy atom. The van der Waals surface area contributed by atoms with Gasteiger partial charge in [-0.1, -0.05) is 26.0 Å². The molecule has 4 rings (SSSR count). The number of hydrogen-bond acceptors (Lipinski definition) is 9. The topological polar surface area (TPSA) is 118 Å². The van der Waals surface area contributed by atoms with E-state index in [-0.39, 0.29) is 6.10 Å². The van der Waals surface area contributed by atoms with Crippen LogP contribution in [0.4, 0.5) is 0 Å². The third-order valence-electron chi connectivity index (χ3n) is 8.69. The van der Waals surface area contributed by atoms with Gasteiger partial charge in [-0.15, -0.1) is 11.6 Å². The van der Waals surface area contributed by atoms with Crippen molar-refractivity contribution in [2.45, 2.75) is 102 Å². The maximum atomic E-state index is 12.8. The van der Waals surface area contributed by atoms with Crippen LogP contribution in [0.3, 0.4) is 0 Å². The zero-order valence-electron chi connectivity index (χ0n) is 21.6. The quantitative estimate of drug-likeness (QED) is 0.180. The second-order valence-corrected chi connectivity index (χ2v) is 11.5. The summed E-state index contributed by atoms with van der Waals surface area (Å²) < 4.78 is 29.7. The van der Waals surface area contributed by atoms with Gasteiger partial charge in [0, 0.05) is 39.0 Å². The van der Waals surface area contributed by atoms with Crippen molar-refractivity contribution in [3.8, 4) is 0 Å². The molecule has 36 heavy (non-hydrogen) atoms. The van der Waals surface area contributed by atoms with Gasteiger partial charge in [0.05, 0.1) is 28.4 Å². The summed E-state index contributed by atoms with van der Waals surface area (Å²) in [5.41, 5.74) is -1.20. The Morgan fingerprint density at radius 3 is 2.19 bits per heavy atom. The molecule has 11 atom stereocenters. The molecule has 4 aliphatic rings. The zero-order valence-corrected chi connectivity index (χ0v) is 22.3. The highest BCUT2D eigenvalue weighted by Crippen LogP contribution is 2.64. The van der Waals surface area contributed by atoms with Gasteiger partial charge in [-0.05, 0) is 19.8 Å². The van der Waals surface area contributed by atoms with E-state index in [1.807, 2.05) is 13.8 Å². The number of fused-ring (bicyclic) bond motifs is 4. The van der Waals surface area contributed by atoms with Crippen molar-refractivity contribution in [2.75, 3.05) is 0 Å². The molecule has 2 saturated carbocycles. The Balaban J connectivity index is 1.96. The maximum absolute atomic E-state index is 12.8. The summed E-state index contributed by atoms with van der Waals surface area (Å²) in [5, 5.41) is -0.735. The molecular formula is C26H35ClO9. The molecule has 10 heteroatoms. The Kier molecular flexibility index (Phi) is 6.96. The average molecular weight is 527 g/mol. The van der Waals surface area contributed by atoms with Crippen LogP contribution >= 0.6 is 11.6 Å². The lowest BCUT2D eigenvalue weighted by Gasteiger charge is -2.54. The minimum absolute atomic E-state index is 0.271. The first-order valence-corrected chi connectivity index (χ1v) is 12.9. The van der Waals surface area contributed by atoms with Gasteiger partial charge >= 0.3 is 23.9 Å². The Hall–Kier alpha value is -2.13. The lowest BCUT2D eigenvalue weighted by molar-refractivity contribution is -0.211. The molecule has 2 aliphatic heterocycles. The van der Waals surface area contributed by atoms with E-state index in [2.05, 4.69) is 6.58 Å². The van der Waals surface area contributed by atoms with Crippen molar-refractivity contribution in [1.29, 1.82) is 0 Å². The molecule has 0 aromatic carbocycles. The minimum Gasteiger partial charge on any atom is -0.462 e. The van der Waals surface area contributed by atoms with Crippen LogP contribution in [0.1, 0.15) is 60.8 Å². The number of halogens is 1. The summed E-state index contributed by atoms with van der Waals surface area (Å²) in [6, 6.07) is 0. The van der Waals surface area contributed by atoms with E-state index < -0.39 is 82.4 Å². The summed E-state index contributed by atoms with van der Waals surface area (Å²) in [5.74, 6) is -3.84. The summed E-state index contributed by atoms with van der Waals surface area (Å²) in [6.07, 6.45) is -2.29. The molecule has 9 nitrogen and oxygen atoms in total. The first-order valence-electron chi connectivity index (χ1n) is 12.4. The normalized spacial score (nSPS) is 45.8. The van der Waals surface area contributed by atoms with Crippen molar-refractivity contribution < 1.29 is 42.9 Å². The highest BCUT2D eigenvalue weighted by Gasteiger charge is 2.75. The summed E-state index contributed by atoms with van der Waals surface area (Å²) >= 11 is 6.82. The number of ether oxygens (including phenoxy) is 5. The van der Waals surface area contributed by atoms with Gasteiger partial charge in [0.15, 0.2) is 0 Å². The fourth-order valence-corrected chi connectivity index (χ4v) is 7.32. The number of esters is 4. The number of alkyl halides is 1. The van der Waals surface area contributed by atoms with Crippen LogP contribution in [0, 0.1) is 23.2 Å². The standard InChI is InChI=1S/C26H35ClO9/c1-11-8-9-16(32-13(3)28)25(6)17(33-14(4)29)10-18-26(7,36-18)23(25)22(34-15(5)30)19-12(2)24(31)35-21(19)20(11)27/h12,16-23H,1,8-10H2,2-7H3/t12-,16+,17-,18-,19-,20-,21+,22-,23-,25-,26+/m1/s1. The molecule has 0 aromatic heterocycles. The lowest BCUT2D eigenvalue weighted by Crippen LogP contribution is -2.64. The molecule has 0 unspecified atom stereocenters. The van der Waals surface area contributed by atoms with Gasteiger partial charge in [-0.25, -0.2) is 0 Å². The van der Waals surface area contributed by atoms with Gasteiger partial charge in [-0.3, -0.25) is 19.2 Å². The molecule has 200 valence electrons. The second kappa shape index (κ2) is 9.31. The van der Waals surface area contributed by atoms with Crippen molar-refractivity contribution in [3.63, 3.8) is 0 Å². The van der Waals surface area contributed by atoms with E-state index >= 15 is 0 Å². The number of hydrogen-bond donors (Lipinski definition) is 0. The van der Waals surface area contributed by atoms with E-state index in [0.717, 1.165) is 0 Å². The zero-order chi connectivity index (χ0) is 26.7. The van der Waals surface area contributed by atoms with Gasteiger partial charge in [0.2, 0.25) is 0 Å². The van der Waals surface area contributed by atoms with Gasteiger partial charge in [0.25, 0.3) is 0 Å². The largest absolute Gasteiger partial charge is 0.462 e. The molecule has 2 saturated heterocycles. The number of carbonyl (C=O) groups is 4. The third kappa shape index (κ3) is 4.32. The number of epoxide rings is 1. The van der Waals surface area contributed by atoms with Crippen LogP contribution in [0.2, 0.25) is 0 Å². The van der Waals surface area contributed by atoms with Crippen LogP contribution in [0.15, 0.2) is 12.2 Å². The summed E-state index contributed by atoms with van der Waals surface area (Å²) in [6.45, 7) is 13.6. The van der Waals surface area contributed by atoms with Crippen LogP contribution < -0.4 is 0 Å². The van der Waals surface area contributed by atoms with E-state index in [4.69, 9.17) is 35.3 Å². The smallest absolute Gasteiger partial charge is 0.309 e. The summed E-state index contributed by atoms with van der Waals surface area (Å²) in [4.78, 5) is 49.8. The lowest BCUT2D eigenvalue weighted by atomic mass is 9.53. The van der Waals surface area contributed by atoms with Gasteiger partial charge in [-0.2, -0.15) is 0 Å². The predicted octanol–water partition coefficient (Wildman–Crippen LogP) is 3.10. The molecule has 2 aliphatic carbocycles. The van der Waals surface area contributed by atoms with Crippen LogP contribution in [-0.2, 0) is 42.9 Å². The van der Waals surface area contributed by atoms with E-state index in [1.165, 1.54) is 20.8 Å². The number of rotatable bonds is 3. The van der Waals surface area contributed by atoms with E-state index in [0.29, 0.717) is 24.8 Å². The fourth-order valence-electron chi connectivity index (χ4n) is 6.99. The molecule has 0 spiro atoms. The molecular weight excluding hydrogens is 492 g/mol. The van der Waals surface area contributed by atoms with Gasteiger partial charge in [0.1, 0.15) is 24.4 Å². The van der Waals surface area contributed by atoms with E-state index in [9.17, 15) is 19.2 Å². The maximum Gasteiger partial charge on any atom is 0.309 e. The van der Waals surface area contributed by atoms with Crippen LogP contribution in [0.5, 0.6) is 0 Å². The first-order chi connectivity index (χ1) is 16.7. The Bertz CT molecular complexity index is 980. The minimum atomic E-state index is -1.03. The number of carbonyl (C=O) groups excluding carboxylic acids is 4. The molecule has 4 fully saturated rings. The molecule has 0 amide bonds. The van der Waals surface area contributed by atoms with Gasteiger partial charge < -0.3 is 23.7 Å². The average Bonchev–Trinajstić information content (AvgIpc) is 3.32. The highest BCUT2D eigenvalue weighted by molar-refractivity contribution is 6.23. The van der Waals surface area contributed by atoms with Crippen molar-refractivity contribution in [2.24, 2.45) is 23.2 Å². The Labute approximate surface area is 216 Å². The molecule has 0 N–H and O–H groups in total. The van der Waals surface area contributed by atoms with Crippen LogP contribution in [-0.4, -0.2) is 65.4 Å². The fraction of sp³-hybridized carbons (Fsp3) is 0.769. The third-order valence-corrected chi connectivity index (χ3v) is 9.25. The monoisotopic (exact) mass is 526 g/mol. The van der Waals surface area contributed by atoms with Crippen molar-refractivity contribution in [1.82, 2.24) is 0 Å². The molecule has 0 aromatic rings. The molecule has 0 bridgehead atoms. The van der Waals surface area contributed by atoms with Crippen LogP contribution in [0.25, 0.3) is 0 Å². The molecule has 2 heterocycles. The second-order valence-electron chi connectivity index (χ2n) is 11.0. The summed E-state index contributed by atoms with van der Waals surface area (Å²) in [7, 11) is 0. The van der Waals surface area contributed by atoms with Crippen molar-refractivity contribution >= 4 is 35.5 Å². The van der Waals surface area contributed by atoms with Crippen molar-refractivity contribution in [3.05, 3.63) is 12.2 Å². The van der Waals surface area contributed by atoms with E-state index in [1.54, 1.807) is 6.92 Å². The molecule has 0 radical (unpaired) electrons. The first kappa shape index (κ1) is 26.9. The Morgan fingerprint density at radius 2 is 1.61 bits per heavy atom. The predicted molar refractivity (Wildman–Crippen MR) is 127 cm³/mol.